The molecule has 0 radical (unpaired) electrons. The van der Waals surface area contributed by atoms with E-state index in [2.05, 4.69) is 30.3 Å². The molecular weight excluding hydrogens is 390 g/mol. The topological polar surface area (TPSA) is 125 Å². The molecule has 152 valence electrons. The van der Waals surface area contributed by atoms with Gasteiger partial charge in [-0.3, -0.25) is 9.58 Å². The van der Waals surface area contributed by atoms with Crippen molar-refractivity contribution < 1.29 is 17.9 Å². The van der Waals surface area contributed by atoms with E-state index in [9.17, 15) is 0 Å². The molecule has 0 amide bonds. The van der Waals surface area contributed by atoms with Gasteiger partial charge < -0.3 is 17.9 Å². The van der Waals surface area contributed by atoms with E-state index in [4.69, 9.17) is 17.9 Å². The van der Waals surface area contributed by atoms with Crippen LogP contribution in [0.3, 0.4) is 0 Å². The lowest BCUT2D eigenvalue weighted by Crippen LogP contribution is -2.27. The smallest absolute Gasteiger partial charge is 0.241 e. The minimum atomic E-state index is 0.412. The Morgan fingerprint density at radius 3 is 2.00 bits per heavy atom. The van der Waals surface area contributed by atoms with E-state index in [1.165, 1.54) is 0 Å². The zero-order valence-electron chi connectivity index (χ0n) is 15.8. The Morgan fingerprint density at radius 2 is 1.50 bits per heavy atom. The lowest BCUT2D eigenvalue weighted by molar-refractivity contribution is 0.185. The molecule has 11 nitrogen and oxygen atoms in total. The van der Waals surface area contributed by atoms with Crippen LogP contribution in [0, 0.1) is 0 Å². The first-order chi connectivity index (χ1) is 14.8. The molecule has 0 aliphatic heterocycles. The standard InChI is InChI=1S/C19H17N7O4/c1-4-20-26(5-1)7-6-25(10-16-21-18(23-29-16)14-2-8-27-12-14)11-17-22-19(24-30-17)15-3-9-28-13-15/h1-5,8-9,12-13H,6-7,10-11H2. The molecule has 5 rings (SSSR count). The van der Waals surface area contributed by atoms with Gasteiger partial charge in [0.25, 0.3) is 0 Å². The van der Waals surface area contributed by atoms with Gasteiger partial charge in [0.15, 0.2) is 0 Å². The molecule has 0 atom stereocenters. The Morgan fingerprint density at radius 1 is 0.867 bits per heavy atom. The minimum Gasteiger partial charge on any atom is -0.472 e. The largest absolute Gasteiger partial charge is 0.472 e. The van der Waals surface area contributed by atoms with Crippen molar-refractivity contribution in [1.82, 2.24) is 35.0 Å². The average Bonchev–Trinajstić information content (AvgIpc) is 3.57. The third-order valence-electron chi connectivity index (χ3n) is 4.42. The zero-order chi connectivity index (χ0) is 20.2. The first kappa shape index (κ1) is 18.1. The van der Waals surface area contributed by atoms with E-state index in [1.807, 2.05) is 16.9 Å². The molecule has 0 saturated carbocycles. The minimum absolute atomic E-state index is 0.412. The second kappa shape index (κ2) is 8.17. The molecule has 0 aromatic carbocycles. The van der Waals surface area contributed by atoms with Crippen LogP contribution in [0.15, 0.2) is 73.5 Å². The molecule has 0 aliphatic rings. The molecule has 0 bridgehead atoms. The molecule has 5 heterocycles. The number of hydrogen-bond donors (Lipinski definition) is 0. The molecule has 5 aromatic rings. The van der Waals surface area contributed by atoms with E-state index in [0.29, 0.717) is 49.6 Å². The molecule has 0 saturated heterocycles. The van der Waals surface area contributed by atoms with Gasteiger partial charge in [-0.05, 0) is 18.2 Å². The molecule has 0 fully saturated rings. The summed E-state index contributed by atoms with van der Waals surface area (Å²) in [6, 6.07) is 5.44. The Kier molecular flexibility index (Phi) is 4.92. The van der Waals surface area contributed by atoms with Gasteiger partial charge in [-0.1, -0.05) is 10.3 Å². The van der Waals surface area contributed by atoms with Gasteiger partial charge in [0, 0.05) is 18.9 Å². The molecule has 11 heteroatoms. The maximum Gasteiger partial charge on any atom is 0.241 e. The lowest BCUT2D eigenvalue weighted by atomic mass is 10.3. The van der Waals surface area contributed by atoms with Crippen molar-refractivity contribution in [1.29, 1.82) is 0 Å². The number of aromatic nitrogens is 6. The van der Waals surface area contributed by atoms with Crippen LogP contribution in [-0.4, -0.2) is 41.5 Å². The molecule has 5 aromatic heterocycles. The van der Waals surface area contributed by atoms with E-state index >= 15 is 0 Å². The van der Waals surface area contributed by atoms with Gasteiger partial charge in [0.05, 0.1) is 43.3 Å². The summed E-state index contributed by atoms with van der Waals surface area (Å²) in [6.07, 6.45) is 9.92. The first-order valence-electron chi connectivity index (χ1n) is 9.23. The van der Waals surface area contributed by atoms with Gasteiger partial charge >= 0.3 is 0 Å². The van der Waals surface area contributed by atoms with Gasteiger partial charge in [0.2, 0.25) is 23.4 Å². The number of hydrogen-bond acceptors (Lipinski definition) is 10. The van der Waals surface area contributed by atoms with Crippen LogP contribution in [0.5, 0.6) is 0 Å². The highest BCUT2D eigenvalue weighted by atomic mass is 16.5. The summed E-state index contributed by atoms with van der Waals surface area (Å²) in [7, 11) is 0. The fourth-order valence-corrected chi connectivity index (χ4v) is 2.93. The van der Waals surface area contributed by atoms with E-state index in [1.54, 1.807) is 43.4 Å². The van der Waals surface area contributed by atoms with Crippen molar-refractivity contribution in [3.63, 3.8) is 0 Å². The SMILES string of the molecule is c1cnn(CCN(Cc2nc(-c3ccoc3)no2)Cc2nc(-c3ccoc3)no2)c1. The van der Waals surface area contributed by atoms with Crippen LogP contribution in [0.1, 0.15) is 11.8 Å². The molecule has 0 N–H and O–H groups in total. The summed E-state index contributed by atoms with van der Waals surface area (Å²) in [4.78, 5) is 11.0. The summed E-state index contributed by atoms with van der Waals surface area (Å²) < 4.78 is 22.8. The van der Waals surface area contributed by atoms with Crippen LogP contribution in [-0.2, 0) is 19.6 Å². The summed E-state index contributed by atoms with van der Waals surface area (Å²) in [5.74, 6) is 1.90. The van der Waals surface area contributed by atoms with Crippen LogP contribution >= 0.6 is 0 Å². The monoisotopic (exact) mass is 407 g/mol. The number of nitrogens with zero attached hydrogens (tertiary/aromatic N) is 7. The Bertz CT molecular complexity index is 1090. The second-order valence-corrected chi connectivity index (χ2v) is 6.53. The van der Waals surface area contributed by atoms with Gasteiger partial charge in [-0.15, -0.1) is 0 Å². The first-order valence-corrected chi connectivity index (χ1v) is 9.23. The fraction of sp³-hybridized carbons (Fsp3) is 0.211. The predicted octanol–water partition coefficient (Wildman–Crippen LogP) is 2.87. The lowest BCUT2D eigenvalue weighted by Gasteiger charge is -2.18. The summed E-state index contributed by atoms with van der Waals surface area (Å²) >= 11 is 0. The highest BCUT2D eigenvalue weighted by Crippen LogP contribution is 2.19. The average molecular weight is 407 g/mol. The van der Waals surface area contributed by atoms with Crippen LogP contribution in [0.25, 0.3) is 22.8 Å². The normalized spacial score (nSPS) is 11.5. The van der Waals surface area contributed by atoms with Gasteiger partial charge in [-0.2, -0.15) is 15.1 Å². The summed E-state index contributed by atoms with van der Waals surface area (Å²) in [5, 5.41) is 12.3. The highest BCUT2D eigenvalue weighted by Gasteiger charge is 2.18. The van der Waals surface area contributed by atoms with Crippen molar-refractivity contribution in [3.05, 3.63) is 67.4 Å². The molecular formula is C19H17N7O4. The number of furan rings is 2. The van der Waals surface area contributed by atoms with Crippen molar-refractivity contribution in [2.24, 2.45) is 0 Å². The predicted molar refractivity (Wildman–Crippen MR) is 100 cm³/mol. The summed E-state index contributed by atoms with van der Waals surface area (Å²) in [5.41, 5.74) is 1.52. The van der Waals surface area contributed by atoms with Crippen molar-refractivity contribution in [2.45, 2.75) is 19.6 Å². The van der Waals surface area contributed by atoms with Crippen molar-refractivity contribution in [2.75, 3.05) is 6.54 Å². The quantitative estimate of drug-likeness (QED) is 0.360. The summed E-state index contributed by atoms with van der Waals surface area (Å²) in [6.45, 7) is 2.16. The highest BCUT2D eigenvalue weighted by molar-refractivity contribution is 5.52. The van der Waals surface area contributed by atoms with E-state index in [0.717, 1.165) is 11.1 Å². The Labute approximate surface area is 169 Å². The van der Waals surface area contributed by atoms with Crippen molar-refractivity contribution in [3.8, 4) is 22.8 Å². The zero-order valence-corrected chi connectivity index (χ0v) is 15.8. The Hall–Kier alpha value is -3.99. The maximum atomic E-state index is 5.41. The second-order valence-electron chi connectivity index (χ2n) is 6.53. The third-order valence-corrected chi connectivity index (χ3v) is 4.42. The van der Waals surface area contributed by atoms with E-state index in [-0.39, 0.29) is 0 Å². The molecule has 0 unspecified atom stereocenters. The molecule has 30 heavy (non-hydrogen) atoms. The van der Waals surface area contributed by atoms with Crippen molar-refractivity contribution >= 4 is 0 Å². The maximum absolute atomic E-state index is 5.41. The van der Waals surface area contributed by atoms with Gasteiger partial charge in [0.1, 0.15) is 12.5 Å². The van der Waals surface area contributed by atoms with Gasteiger partial charge in [-0.25, -0.2) is 0 Å². The molecule has 0 spiro atoms. The van der Waals surface area contributed by atoms with Crippen LogP contribution in [0.2, 0.25) is 0 Å². The fourth-order valence-electron chi connectivity index (χ4n) is 2.93. The third kappa shape index (κ3) is 4.05. The molecule has 0 aliphatic carbocycles. The Balaban J connectivity index is 1.31. The number of rotatable bonds is 9. The van der Waals surface area contributed by atoms with Crippen LogP contribution < -0.4 is 0 Å². The van der Waals surface area contributed by atoms with Crippen LogP contribution in [0.4, 0.5) is 0 Å². The van der Waals surface area contributed by atoms with E-state index < -0.39 is 0 Å².